The van der Waals surface area contributed by atoms with Crippen LogP contribution in [0.25, 0.3) is 10.2 Å². The number of H-pyrrole nitrogens is 1. The van der Waals surface area contributed by atoms with Gasteiger partial charge in [-0.05, 0) is 37.0 Å². The second-order valence-corrected chi connectivity index (χ2v) is 8.97. The molecule has 0 fully saturated rings. The molecule has 0 aliphatic carbocycles. The summed E-state index contributed by atoms with van der Waals surface area (Å²) >= 11 is 8.89. The summed E-state index contributed by atoms with van der Waals surface area (Å²) in [7, 11) is 0. The summed E-state index contributed by atoms with van der Waals surface area (Å²) in [4.78, 5) is 22.0. The Balaban J connectivity index is 1.91. The molecule has 0 saturated heterocycles. The van der Waals surface area contributed by atoms with E-state index in [0.717, 1.165) is 28.1 Å². The minimum atomic E-state index is -0.351. The molecule has 3 rings (SSSR count). The van der Waals surface area contributed by atoms with E-state index >= 15 is 0 Å². The van der Waals surface area contributed by atoms with Crippen molar-refractivity contribution >= 4 is 44.9 Å². The molecule has 0 aliphatic heterocycles. The van der Waals surface area contributed by atoms with Gasteiger partial charge in [0, 0.05) is 21.2 Å². The number of thiophene rings is 1. The second-order valence-electron chi connectivity index (χ2n) is 6.39. The lowest BCUT2D eigenvalue weighted by Gasteiger charge is -2.08. The summed E-state index contributed by atoms with van der Waals surface area (Å²) in [5.74, 6) is 0.476. The van der Waals surface area contributed by atoms with Crippen molar-refractivity contribution in [3.8, 4) is 0 Å². The van der Waals surface area contributed by atoms with Crippen molar-refractivity contribution in [1.29, 1.82) is 0 Å². The van der Waals surface area contributed by atoms with Crippen LogP contribution in [0.4, 0.5) is 4.39 Å². The average molecular weight is 411 g/mol. The molecule has 0 aliphatic rings. The van der Waals surface area contributed by atoms with Gasteiger partial charge in [0.15, 0.2) is 5.16 Å². The lowest BCUT2D eigenvalue weighted by Crippen LogP contribution is -2.11. The molecule has 3 aromatic rings. The molecule has 1 N–H and O–H groups in total. The lowest BCUT2D eigenvalue weighted by molar-refractivity contribution is 0.561. The number of nitrogens with one attached hydrogen (secondary N) is 1. The maximum atomic E-state index is 13.9. The van der Waals surface area contributed by atoms with E-state index in [2.05, 4.69) is 23.8 Å². The van der Waals surface area contributed by atoms with Gasteiger partial charge in [-0.3, -0.25) is 4.79 Å². The van der Waals surface area contributed by atoms with Crippen LogP contribution in [0, 0.1) is 18.7 Å². The number of hydrogen-bond acceptors (Lipinski definition) is 4. The van der Waals surface area contributed by atoms with E-state index in [0.29, 0.717) is 32.8 Å². The van der Waals surface area contributed by atoms with Gasteiger partial charge in [-0.15, -0.1) is 11.3 Å². The van der Waals surface area contributed by atoms with Crippen molar-refractivity contribution in [2.24, 2.45) is 5.92 Å². The molecular formula is C19H20ClFN2OS2. The fourth-order valence-corrected chi connectivity index (χ4v) is 5.09. The van der Waals surface area contributed by atoms with E-state index in [1.807, 2.05) is 6.92 Å². The fourth-order valence-electron chi connectivity index (χ4n) is 2.77. The highest BCUT2D eigenvalue weighted by atomic mass is 35.5. The zero-order valence-electron chi connectivity index (χ0n) is 14.9. The first kappa shape index (κ1) is 19.4. The third-order valence-electron chi connectivity index (χ3n) is 4.51. The third-order valence-corrected chi connectivity index (χ3v) is 6.80. The van der Waals surface area contributed by atoms with Gasteiger partial charge in [-0.2, -0.15) is 0 Å². The molecule has 1 aromatic carbocycles. The maximum absolute atomic E-state index is 13.9. The summed E-state index contributed by atoms with van der Waals surface area (Å²) < 4.78 is 13.9. The van der Waals surface area contributed by atoms with Crippen LogP contribution in [-0.4, -0.2) is 9.97 Å². The summed E-state index contributed by atoms with van der Waals surface area (Å²) in [6.07, 6.45) is 1.95. The number of rotatable bonds is 6. The number of benzene rings is 1. The Morgan fingerprint density at radius 3 is 2.85 bits per heavy atom. The normalized spacial score (nSPS) is 12.7. The molecule has 0 amide bonds. The van der Waals surface area contributed by atoms with Crippen LogP contribution in [0.3, 0.4) is 0 Å². The van der Waals surface area contributed by atoms with E-state index in [-0.39, 0.29) is 11.4 Å². The van der Waals surface area contributed by atoms with Crippen LogP contribution >= 0.6 is 34.7 Å². The van der Waals surface area contributed by atoms with Crippen molar-refractivity contribution < 1.29 is 4.39 Å². The molecule has 138 valence electrons. The standard InChI is InChI=1S/C19H20ClFN2OS2/c1-4-10(2)8-12-11(3)26-18-16(12)17(24)22-19(23-18)25-9-13-14(20)6-5-7-15(13)21/h5-7,10H,4,8-9H2,1-3H3,(H,22,23,24)/t10-/m1/s1. The van der Waals surface area contributed by atoms with Crippen LogP contribution in [0.1, 0.15) is 36.3 Å². The molecule has 2 heterocycles. The van der Waals surface area contributed by atoms with E-state index in [1.54, 1.807) is 23.5 Å². The minimum Gasteiger partial charge on any atom is -0.301 e. The number of nitrogens with zero attached hydrogens (tertiary/aromatic N) is 1. The number of thioether (sulfide) groups is 1. The van der Waals surface area contributed by atoms with Crippen molar-refractivity contribution in [2.45, 2.75) is 44.5 Å². The average Bonchev–Trinajstić information content (AvgIpc) is 2.90. The molecule has 0 bridgehead atoms. The van der Waals surface area contributed by atoms with Crippen LogP contribution in [0.5, 0.6) is 0 Å². The fraction of sp³-hybridized carbons (Fsp3) is 0.368. The van der Waals surface area contributed by atoms with Crippen LogP contribution in [0.2, 0.25) is 5.02 Å². The van der Waals surface area contributed by atoms with Gasteiger partial charge in [-0.1, -0.05) is 49.7 Å². The van der Waals surface area contributed by atoms with Crippen LogP contribution in [-0.2, 0) is 12.2 Å². The highest BCUT2D eigenvalue weighted by Gasteiger charge is 2.17. The molecular weight excluding hydrogens is 391 g/mol. The highest BCUT2D eigenvalue weighted by molar-refractivity contribution is 7.98. The van der Waals surface area contributed by atoms with Gasteiger partial charge in [0.2, 0.25) is 0 Å². The van der Waals surface area contributed by atoms with Gasteiger partial charge >= 0.3 is 0 Å². The van der Waals surface area contributed by atoms with Gasteiger partial charge in [0.05, 0.1) is 5.39 Å². The van der Waals surface area contributed by atoms with Crippen LogP contribution in [0.15, 0.2) is 28.2 Å². The largest absolute Gasteiger partial charge is 0.301 e. The molecule has 3 nitrogen and oxygen atoms in total. The van der Waals surface area contributed by atoms with E-state index < -0.39 is 0 Å². The molecule has 26 heavy (non-hydrogen) atoms. The zero-order valence-corrected chi connectivity index (χ0v) is 17.2. The molecule has 0 spiro atoms. The summed E-state index contributed by atoms with van der Waals surface area (Å²) in [6, 6.07) is 4.61. The molecule has 7 heteroatoms. The Hall–Kier alpha value is -1.37. The Morgan fingerprint density at radius 2 is 2.15 bits per heavy atom. The van der Waals surface area contributed by atoms with E-state index in [9.17, 15) is 9.18 Å². The summed E-state index contributed by atoms with van der Waals surface area (Å²) in [5.41, 5.74) is 1.39. The first-order chi connectivity index (χ1) is 12.4. The van der Waals surface area contributed by atoms with E-state index in [4.69, 9.17) is 11.6 Å². The Labute approximate surface area is 165 Å². The predicted octanol–water partition coefficient (Wildman–Crippen LogP) is 5.97. The molecule has 2 aromatic heterocycles. The van der Waals surface area contributed by atoms with Gasteiger partial charge < -0.3 is 4.98 Å². The number of aromatic nitrogens is 2. The van der Waals surface area contributed by atoms with Crippen molar-refractivity contribution in [1.82, 2.24) is 9.97 Å². The van der Waals surface area contributed by atoms with Gasteiger partial charge in [0.1, 0.15) is 10.6 Å². The molecule has 1 atom stereocenters. The van der Waals surface area contributed by atoms with Gasteiger partial charge in [-0.25, -0.2) is 9.37 Å². The summed E-state index contributed by atoms with van der Waals surface area (Å²) in [5, 5.41) is 1.56. The molecule has 0 saturated carbocycles. The topological polar surface area (TPSA) is 45.8 Å². The van der Waals surface area contributed by atoms with Crippen molar-refractivity contribution in [2.75, 3.05) is 0 Å². The SMILES string of the molecule is CC[C@@H](C)Cc1c(C)sc2nc(SCc3c(F)cccc3Cl)[nH]c(=O)c12. The maximum Gasteiger partial charge on any atom is 0.260 e. The number of aryl methyl sites for hydroxylation is 1. The smallest absolute Gasteiger partial charge is 0.260 e. The first-order valence-corrected chi connectivity index (χ1v) is 10.7. The molecule has 0 radical (unpaired) electrons. The third kappa shape index (κ3) is 3.97. The second kappa shape index (κ2) is 8.11. The van der Waals surface area contributed by atoms with Crippen molar-refractivity contribution in [3.05, 3.63) is 55.4 Å². The van der Waals surface area contributed by atoms with Crippen LogP contribution < -0.4 is 5.56 Å². The first-order valence-electron chi connectivity index (χ1n) is 8.48. The zero-order chi connectivity index (χ0) is 18.8. The Kier molecular flexibility index (Phi) is 6.05. The summed E-state index contributed by atoms with van der Waals surface area (Å²) in [6.45, 7) is 6.38. The van der Waals surface area contributed by atoms with Crippen molar-refractivity contribution in [3.63, 3.8) is 0 Å². The number of hydrogen-bond donors (Lipinski definition) is 1. The molecule has 0 unspecified atom stereocenters. The minimum absolute atomic E-state index is 0.125. The number of aromatic amines is 1. The number of fused-ring (bicyclic) bond motifs is 1. The monoisotopic (exact) mass is 410 g/mol. The number of halogens is 2. The highest BCUT2D eigenvalue weighted by Crippen LogP contribution is 2.32. The Morgan fingerprint density at radius 1 is 1.38 bits per heavy atom. The van der Waals surface area contributed by atoms with Gasteiger partial charge in [0.25, 0.3) is 5.56 Å². The predicted molar refractivity (Wildman–Crippen MR) is 109 cm³/mol. The quantitative estimate of drug-likeness (QED) is 0.402. The Bertz CT molecular complexity index is 979. The van der Waals surface area contributed by atoms with E-state index in [1.165, 1.54) is 17.8 Å². The lowest BCUT2D eigenvalue weighted by atomic mass is 9.98.